The second-order valence-electron chi connectivity index (χ2n) is 7.90. The third kappa shape index (κ3) is 6.44. The SMILES string of the molecule is COC(=O)C(Cc1cn(C)cn1)NC(=O)Nc1cccc(-c2ccc(Oc3ccc(F)cc3)cc2)n1. The summed E-state index contributed by atoms with van der Waals surface area (Å²) in [7, 11) is 3.07. The molecule has 4 aromatic rings. The van der Waals surface area contributed by atoms with Gasteiger partial charge >= 0.3 is 12.0 Å². The number of nitrogens with one attached hydrogen (secondary N) is 2. The number of carbonyl (C=O) groups excluding carboxylic acids is 2. The van der Waals surface area contributed by atoms with Gasteiger partial charge in [0.1, 0.15) is 29.2 Å². The molecule has 0 fully saturated rings. The van der Waals surface area contributed by atoms with Crippen molar-refractivity contribution in [3.63, 3.8) is 0 Å². The quantitative estimate of drug-likeness (QED) is 0.357. The smallest absolute Gasteiger partial charge is 0.328 e. The lowest BCUT2D eigenvalue weighted by Gasteiger charge is -2.16. The number of pyridine rings is 1. The topological polar surface area (TPSA) is 107 Å². The second-order valence-corrected chi connectivity index (χ2v) is 7.90. The van der Waals surface area contributed by atoms with Gasteiger partial charge in [-0.05, 0) is 60.7 Å². The molecule has 0 aliphatic rings. The van der Waals surface area contributed by atoms with Crippen molar-refractivity contribution >= 4 is 17.8 Å². The van der Waals surface area contributed by atoms with E-state index in [0.717, 1.165) is 5.56 Å². The van der Waals surface area contributed by atoms with Gasteiger partial charge in [-0.1, -0.05) is 6.07 Å². The molecule has 0 saturated heterocycles. The summed E-state index contributed by atoms with van der Waals surface area (Å²) in [5.41, 5.74) is 2.06. The van der Waals surface area contributed by atoms with Gasteiger partial charge in [0.05, 0.1) is 24.8 Å². The third-order valence-corrected chi connectivity index (χ3v) is 5.15. The predicted molar refractivity (Wildman–Crippen MR) is 131 cm³/mol. The number of rotatable bonds is 8. The minimum absolute atomic E-state index is 0.181. The lowest BCUT2D eigenvalue weighted by molar-refractivity contribution is -0.142. The first kappa shape index (κ1) is 24.4. The van der Waals surface area contributed by atoms with Gasteiger partial charge in [0.25, 0.3) is 0 Å². The molecule has 0 spiro atoms. The van der Waals surface area contributed by atoms with Crippen LogP contribution in [-0.2, 0) is 23.0 Å². The van der Waals surface area contributed by atoms with Crippen molar-refractivity contribution in [3.8, 4) is 22.8 Å². The van der Waals surface area contributed by atoms with E-state index in [1.54, 1.807) is 59.6 Å². The standard InChI is InChI=1S/C26H24FN5O4/c1-32-15-19(28-16-32)14-23(25(33)35-2)30-26(34)31-24-5-3-4-22(29-24)17-6-10-20(11-7-17)36-21-12-8-18(27)9-13-21/h3-13,15-16,23H,14H2,1-2H3,(H2,29,30,31,34). The molecule has 2 aromatic carbocycles. The van der Waals surface area contributed by atoms with Crippen LogP contribution in [0.1, 0.15) is 5.69 Å². The summed E-state index contributed by atoms with van der Waals surface area (Å²) >= 11 is 0. The van der Waals surface area contributed by atoms with Crippen molar-refractivity contribution in [2.75, 3.05) is 12.4 Å². The van der Waals surface area contributed by atoms with E-state index in [4.69, 9.17) is 9.47 Å². The Bertz CT molecular complexity index is 1340. The zero-order chi connectivity index (χ0) is 25.5. The van der Waals surface area contributed by atoms with Crippen molar-refractivity contribution < 1.29 is 23.5 Å². The number of methoxy groups -OCH3 is 1. The molecular formula is C26H24FN5O4. The minimum atomic E-state index is -0.915. The van der Waals surface area contributed by atoms with Gasteiger partial charge in [0, 0.05) is 25.2 Å². The highest BCUT2D eigenvalue weighted by Crippen LogP contribution is 2.25. The second kappa shape index (κ2) is 11.1. The molecule has 4 rings (SSSR count). The molecule has 1 atom stereocenters. The van der Waals surface area contributed by atoms with Gasteiger partial charge in [0.2, 0.25) is 0 Å². The van der Waals surface area contributed by atoms with Crippen LogP contribution in [0.2, 0.25) is 0 Å². The largest absolute Gasteiger partial charge is 0.467 e. The van der Waals surface area contributed by atoms with Gasteiger partial charge in [-0.25, -0.2) is 23.9 Å². The van der Waals surface area contributed by atoms with Crippen LogP contribution in [0.15, 0.2) is 79.3 Å². The van der Waals surface area contributed by atoms with Crippen LogP contribution in [0.5, 0.6) is 11.5 Å². The molecule has 184 valence electrons. The van der Waals surface area contributed by atoms with E-state index < -0.39 is 18.0 Å². The van der Waals surface area contributed by atoms with E-state index in [-0.39, 0.29) is 12.2 Å². The number of aryl methyl sites for hydroxylation is 1. The summed E-state index contributed by atoms with van der Waals surface area (Å²) in [6.07, 6.45) is 3.55. The van der Waals surface area contributed by atoms with Crippen LogP contribution < -0.4 is 15.4 Å². The maximum absolute atomic E-state index is 13.1. The van der Waals surface area contributed by atoms with E-state index >= 15 is 0 Å². The Kier molecular flexibility index (Phi) is 7.54. The summed E-state index contributed by atoms with van der Waals surface area (Å²) in [6, 6.07) is 16.6. The van der Waals surface area contributed by atoms with Crippen LogP contribution in [-0.4, -0.2) is 39.7 Å². The Labute approximate surface area is 206 Å². The monoisotopic (exact) mass is 489 g/mol. The Hall–Kier alpha value is -4.73. The molecule has 2 N–H and O–H groups in total. The van der Waals surface area contributed by atoms with Crippen molar-refractivity contribution in [3.05, 3.63) is 90.8 Å². The highest BCUT2D eigenvalue weighted by atomic mass is 19.1. The lowest BCUT2D eigenvalue weighted by Crippen LogP contribution is -2.45. The van der Waals surface area contributed by atoms with Crippen LogP contribution in [0.3, 0.4) is 0 Å². The van der Waals surface area contributed by atoms with Gasteiger partial charge in [-0.15, -0.1) is 0 Å². The van der Waals surface area contributed by atoms with Crippen LogP contribution >= 0.6 is 0 Å². The van der Waals surface area contributed by atoms with E-state index in [2.05, 4.69) is 20.6 Å². The van der Waals surface area contributed by atoms with E-state index in [1.807, 2.05) is 19.2 Å². The van der Waals surface area contributed by atoms with Crippen LogP contribution in [0, 0.1) is 5.82 Å². The molecule has 36 heavy (non-hydrogen) atoms. The first-order valence-electron chi connectivity index (χ1n) is 11.0. The van der Waals surface area contributed by atoms with Crippen molar-refractivity contribution in [2.24, 2.45) is 7.05 Å². The molecule has 0 aliphatic heterocycles. The summed E-state index contributed by atoms with van der Waals surface area (Å²) in [5.74, 6) is 0.493. The molecule has 2 aromatic heterocycles. The maximum atomic E-state index is 13.1. The highest BCUT2D eigenvalue weighted by molar-refractivity contribution is 5.92. The van der Waals surface area contributed by atoms with Gasteiger partial charge in [0.15, 0.2) is 0 Å². The van der Waals surface area contributed by atoms with E-state index in [1.165, 1.54) is 19.2 Å². The number of aromatic nitrogens is 3. The number of hydrogen-bond donors (Lipinski definition) is 2. The normalized spacial score (nSPS) is 11.4. The highest BCUT2D eigenvalue weighted by Gasteiger charge is 2.23. The fourth-order valence-electron chi connectivity index (χ4n) is 3.43. The first-order chi connectivity index (χ1) is 17.4. The Morgan fingerprint density at radius 1 is 1.03 bits per heavy atom. The number of halogens is 1. The lowest BCUT2D eigenvalue weighted by atomic mass is 10.1. The number of imidazole rings is 1. The number of ether oxygens (including phenoxy) is 2. The number of urea groups is 1. The number of amides is 2. The van der Waals surface area contributed by atoms with Gasteiger partial charge in [-0.3, -0.25) is 5.32 Å². The fourth-order valence-corrected chi connectivity index (χ4v) is 3.43. The fraction of sp³-hybridized carbons (Fsp3) is 0.154. The van der Waals surface area contributed by atoms with Crippen molar-refractivity contribution in [1.82, 2.24) is 19.9 Å². The maximum Gasteiger partial charge on any atom is 0.328 e. The van der Waals surface area contributed by atoms with Crippen molar-refractivity contribution in [1.29, 1.82) is 0 Å². The molecule has 2 heterocycles. The molecule has 2 amide bonds. The number of hydrogen-bond acceptors (Lipinski definition) is 6. The number of nitrogens with zero attached hydrogens (tertiary/aromatic N) is 3. The summed E-state index contributed by atoms with van der Waals surface area (Å²) in [5, 5.41) is 5.26. The average molecular weight is 490 g/mol. The molecule has 10 heteroatoms. The molecular weight excluding hydrogens is 465 g/mol. The molecule has 9 nitrogen and oxygen atoms in total. The summed E-state index contributed by atoms with van der Waals surface area (Å²) in [6.45, 7) is 0. The summed E-state index contributed by atoms with van der Waals surface area (Å²) < 4.78 is 25.3. The number of esters is 1. The molecule has 0 bridgehead atoms. The Morgan fingerprint density at radius 2 is 1.72 bits per heavy atom. The van der Waals surface area contributed by atoms with Gasteiger partial charge < -0.3 is 19.4 Å². The van der Waals surface area contributed by atoms with Crippen LogP contribution in [0.25, 0.3) is 11.3 Å². The predicted octanol–water partition coefficient (Wildman–Crippen LogP) is 4.32. The van der Waals surface area contributed by atoms with E-state index in [0.29, 0.717) is 28.7 Å². The number of anilines is 1. The Morgan fingerprint density at radius 3 is 2.36 bits per heavy atom. The third-order valence-electron chi connectivity index (χ3n) is 5.15. The molecule has 0 aliphatic carbocycles. The van der Waals surface area contributed by atoms with E-state index in [9.17, 15) is 14.0 Å². The first-order valence-corrected chi connectivity index (χ1v) is 11.0. The number of benzene rings is 2. The molecule has 1 unspecified atom stereocenters. The molecule has 0 radical (unpaired) electrons. The van der Waals surface area contributed by atoms with Crippen molar-refractivity contribution in [2.45, 2.75) is 12.5 Å². The zero-order valence-corrected chi connectivity index (χ0v) is 19.6. The zero-order valence-electron chi connectivity index (χ0n) is 19.6. The van der Waals surface area contributed by atoms with Crippen LogP contribution in [0.4, 0.5) is 15.0 Å². The minimum Gasteiger partial charge on any atom is -0.467 e. The molecule has 0 saturated carbocycles. The number of carbonyl (C=O) groups is 2. The summed E-state index contributed by atoms with van der Waals surface area (Å²) in [4.78, 5) is 33.4. The van der Waals surface area contributed by atoms with Gasteiger partial charge in [-0.2, -0.15) is 0 Å². The Balaban J connectivity index is 1.40. The average Bonchev–Trinajstić information content (AvgIpc) is 3.29.